The molecule has 0 saturated carbocycles. The van der Waals surface area contributed by atoms with Crippen molar-refractivity contribution in [3.8, 4) is 0 Å². The van der Waals surface area contributed by atoms with E-state index in [4.69, 9.17) is 5.73 Å². The molecule has 2 rings (SSSR count). The largest absolute Gasteiger partial charge is 0.352 e. The average molecular weight is 298 g/mol. The molecule has 0 bridgehead atoms. The Kier molecular flexibility index (Phi) is 4.02. The van der Waals surface area contributed by atoms with Crippen LogP contribution < -0.4 is 16.4 Å². The molecule has 0 saturated heterocycles. The minimum absolute atomic E-state index is 0.396. The molecule has 0 spiro atoms. The molecule has 0 aromatic heterocycles. The van der Waals surface area contributed by atoms with E-state index >= 15 is 0 Å². The van der Waals surface area contributed by atoms with Gasteiger partial charge in [0.1, 0.15) is 0 Å². The molecule has 17 heavy (non-hydrogen) atoms. The number of nitrogens with one attached hydrogen (secondary N) is 2. The third-order valence-electron chi connectivity index (χ3n) is 3.00. The second kappa shape index (κ2) is 5.51. The second-order valence-corrected chi connectivity index (χ2v) is 5.10. The molecule has 4 N–H and O–H groups in total. The van der Waals surface area contributed by atoms with Gasteiger partial charge in [0.05, 0.1) is 0 Å². The van der Waals surface area contributed by atoms with E-state index < -0.39 is 6.03 Å². The van der Waals surface area contributed by atoms with Gasteiger partial charge < -0.3 is 16.4 Å². The van der Waals surface area contributed by atoms with Crippen LogP contribution in [-0.4, -0.2) is 19.1 Å². The van der Waals surface area contributed by atoms with Crippen molar-refractivity contribution in [1.82, 2.24) is 10.6 Å². The molecule has 1 atom stereocenters. The average Bonchev–Trinajstić information content (AvgIpc) is 2.66. The quantitative estimate of drug-likeness (QED) is 0.741. The second-order valence-electron chi connectivity index (χ2n) is 4.18. The molecular formula is C12H16BrN3O. The number of amides is 2. The van der Waals surface area contributed by atoms with Gasteiger partial charge in [0.15, 0.2) is 0 Å². The maximum Gasteiger partial charge on any atom is 0.312 e. The van der Waals surface area contributed by atoms with E-state index in [-0.39, 0.29) is 0 Å². The van der Waals surface area contributed by atoms with Crippen molar-refractivity contribution in [3.05, 3.63) is 33.8 Å². The fourth-order valence-corrected chi connectivity index (χ4v) is 2.64. The number of rotatable bonds is 4. The summed E-state index contributed by atoms with van der Waals surface area (Å²) >= 11 is 3.48. The molecule has 1 unspecified atom stereocenters. The third kappa shape index (κ3) is 3.20. The highest BCUT2D eigenvalue weighted by molar-refractivity contribution is 9.10. The lowest BCUT2D eigenvalue weighted by molar-refractivity contribution is 0.249. The molecule has 1 aromatic carbocycles. The first-order valence-electron chi connectivity index (χ1n) is 5.72. The summed E-state index contributed by atoms with van der Waals surface area (Å²) in [5.74, 6) is 0. The van der Waals surface area contributed by atoms with Crippen molar-refractivity contribution in [1.29, 1.82) is 0 Å². The summed E-state index contributed by atoms with van der Waals surface area (Å²) in [5, 5.41) is 6.00. The molecule has 1 aliphatic rings. The summed E-state index contributed by atoms with van der Waals surface area (Å²) in [4.78, 5) is 10.5. The summed E-state index contributed by atoms with van der Waals surface area (Å²) < 4.78 is 1.13. The van der Waals surface area contributed by atoms with E-state index in [1.807, 2.05) is 0 Å². The highest BCUT2D eigenvalue weighted by Crippen LogP contribution is 2.32. The van der Waals surface area contributed by atoms with Crippen LogP contribution in [0.2, 0.25) is 0 Å². The molecule has 5 heteroatoms. The van der Waals surface area contributed by atoms with Crippen LogP contribution in [0.1, 0.15) is 23.6 Å². The van der Waals surface area contributed by atoms with E-state index in [0.717, 1.165) is 23.9 Å². The van der Waals surface area contributed by atoms with Gasteiger partial charge in [-0.05, 0) is 36.1 Å². The first kappa shape index (κ1) is 12.4. The Balaban J connectivity index is 1.87. The zero-order chi connectivity index (χ0) is 12.3. The molecule has 0 fully saturated rings. The zero-order valence-electron chi connectivity index (χ0n) is 9.50. The van der Waals surface area contributed by atoms with Gasteiger partial charge in [-0.25, -0.2) is 4.79 Å². The summed E-state index contributed by atoms with van der Waals surface area (Å²) in [5.41, 5.74) is 7.77. The Morgan fingerprint density at radius 2 is 2.29 bits per heavy atom. The molecule has 0 aliphatic heterocycles. The number of fused-ring (bicyclic) bond motifs is 1. The van der Waals surface area contributed by atoms with Gasteiger partial charge in [-0.1, -0.05) is 22.0 Å². The zero-order valence-corrected chi connectivity index (χ0v) is 11.1. The first-order valence-corrected chi connectivity index (χ1v) is 6.51. The number of urea groups is 1. The van der Waals surface area contributed by atoms with Crippen LogP contribution in [0.3, 0.4) is 0 Å². The van der Waals surface area contributed by atoms with Crippen molar-refractivity contribution < 1.29 is 4.79 Å². The van der Waals surface area contributed by atoms with Crippen LogP contribution in [0.15, 0.2) is 22.7 Å². The Morgan fingerprint density at radius 1 is 1.47 bits per heavy atom. The predicted molar refractivity (Wildman–Crippen MR) is 70.8 cm³/mol. The Morgan fingerprint density at radius 3 is 3.06 bits per heavy atom. The van der Waals surface area contributed by atoms with Crippen molar-refractivity contribution in [2.75, 3.05) is 13.1 Å². The molecule has 0 radical (unpaired) electrons. The molecule has 92 valence electrons. The predicted octanol–water partition coefficient (Wildman–Crippen LogP) is 1.69. The van der Waals surface area contributed by atoms with Gasteiger partial charge in [-0.3, -0.25) is 0 Å². The molecule has 2 amide bonds. The monoisotopic (exact) mass is 297 g/mol. The highest BCUT2D eigenvalue weighted by Gasteiger charge is 2.21. The molecule has 0 heterocycles. The number of primary amides is 1. The number of carbonyl (C=O) groups excluding carboxylic acids is 1. The summed E-state index contributed by atoms with van der Waals surface area (Å²) in [6.45, 7) is 1.31. The van der Waals surface area contributed by atoms with Crippen LogP contribution >= 0.6 is 15.9 Å². The van der Waals surface area contributed by atoms with Crippen LogP contribution in [-0.2, 0) is 6.42 Å². The number of nitrogens with two attached hydrogens (primary N) is 1. The van der Waals surface area contributed by atoms with E-state index in [9.17, 15) is 4.79 Å². The van der Waals surface area contributed by atoms with Crippen LogP contribution in [0, 0.1) is 0 Å². The normalized spacial score (nSPS) is 17.8. The smallest absolute Gasteiger partial charge is 0.312 e. The van der Waals surface area contributed by atoms with E-state index in [1.54, 1.807) is 0 Å². The van der Waals surface area contributed by atoms with Gasteiger partial charge in [-0.15, -0.1) is 0 Å². The standard InChI is InChI=1S/C12H16BrN3O/c13-9-2-3-10-8(7-9)1-4-11(10)15-5-6-16-12(14)17/h2-3,7,11,15H,1,4-6H2,(H3,14,16,17). The van der Waals surface area contributed by atoms with Crippen molar-refractivity contribution in [2.24, 2.45) is 5.73 Å². The van der Waals surface area contributed by atoms with E-state index in [2.05, 4.69) is 44.8 Å². The van der Waals surface area contributed by atoms with Crippen LogP contribution in [0.4, 0.5) is 4.79 Å². The number of halogens is 1. The minimum Gasteiger partial charge on any atom is -0.352 e. The Hall–Kier alpha value is -1.07. The van der Waals surface area contributed by atoms with Crippen LogP contribution in [0.5, 0.6) is 0 Å². The summed E-state index contributed by atoms with van der Waals surface area (Å²) in [6.07, 6.45) is 2.22. The van der Waals surface area contributed by atoms with Gasteiger partial charge >= 0.3 is 6.03 Å². The number of hydrogen-bond donors (Lipinski definition) is 3. The number of hydrogen-bond acceptors (Lipinski definition) is 2. The van der Waals surface area contributed by atoms with Gasteiger partial charge in [0, 0.05) is 23.6 Å². The van der Waals surface area contributed by atoms with Crippen molar-refractivity contribution >= 4 is 22.0 Å². The number of aryl methyl sites for hydroxylation is 1. The maximum absolute atomic E-state index is 10.5. The Bertz CT molecular complexity index is 422. The Labute approximate surface area is 109 Å². The number of benzene rings is 1. The SMILES string of the molecule is NC(=O)NCCNC1CCc2cc(Br)ccc21. The fraction of sp³-hybridized carbons (Fsp3) is 0.417. The van der Waals surface area contributed by atoms with Crippen molar-refractivity contribution in [2.45, 2.75) is 18.9 Å². The van der Waals surface area contributed by atoms with E-state index in [1.165, 1.54) is 11.1 Å². The molecule has 4 nitrogen and oxygen atoms in total. The lowest BCUT2D eigenvalue weighted by atomic mass is 10.1. The molecule has 1 aliphatic carbocycles. The van der Waals surface area contributed by atoms with Gasteiger partial charge in [0.25, 0.3) is 0 Å². The third-order valence-corrected chi connectivity index (χ3v) is 3.49. The lowest BCUT2D eigenvalue weighted by Crippen LogP contribution is -2.36. The number of carbonyl (C=O) groups is 1. The van der Waals surface area contributed by atoms with E-state index in [0.29, 0.717) is 12.6 Å². The lowest BCUT2D eigenvalue weighted by Gasteiger charge is -2.14. The first-order chi connectivity index (χ1) is 8.16. The van der Waals surface area contributed by atoms with Gasteiger partial charge in [-0.2, -0.15) is 0 Å². The summed E-state index contributed by atoms with van der Waals surface area (Å²) in [6, 6.07) is 6.33. The topological polar surface area (TPSA) is 67.2 Å². The molecule has 1 aromatic rings. The van der Waals surface area contributed by atoms with Gasteiger partial charge in [0.2, 0.25) is 0 Å². The summed E-state index contributed by atoms with van der Waals surface area (Å²) in [7, 11) is 0. The fourth-order valence-electron chi connectivity index (χ4n) is 2.23. The maximum atomic E-state index is 10.5. The van der Waals surface area contributed by atoms with Crippen molar-refractivity contribution in [3.63, 3.8) is 0 Å². The van der Waals surface area contributed by atoms with Crippen LogP contribution in [0.25, 0.3) is 0 Å². The minimum atomic E-state index is -0.470. The highest BCUT2D eigenvalue weighted by atomic mass is 79.9. The molecular weight excluding hydrogens is 282 g/mol.